The van der Waals surface area contributed by atoms with E-state index in [1.807, 2.05) is 6.92 Å². The number of hydrogen-bond donors (Lipinski definition) is 3. The Morgan fingerprint density at radius 3 is 1.59 bits per heavy atom. The highest BCUT2D eigenvalue weighted by molar-refractivity contribution is 5.41. The van der Waals surface area contributed by atoms with E-state index in [2.05, 4.69) is 30.9 Å². The van der Waals surface area contributed by atoms with Gasteiger partial charge in [-0.3, -0.25) is 0 Å². The first-order chi connectivity index (χ1) is 8.30. The zero-order valence-corrected chi connectivity index (χ0v) is 10.3. The fourth-order valence-corrected chi connectivity index (χ4v) is 1.04. The van der Waals surface area contributed by atoms with E-state index in [4.69, 9.17) is 9.47 Å². The molecule has 8 heteroatoms. The first-order valence-electron chi connectivity index (χ1n) is 5.25. The van der Waals surface area contributed by atoms with Gasteiger partial charge in [0.25, 0.3) is 0 Å². The summed E-state index contributed by atoms with van der Waals surface area (Å²) in [4.78, 5) is 12.5. The van der Waals surface area contributed by atoms with Crippen LogP contribution in [-0.4, -0.2) is 49.2 Å². The fraction of sp³-hybridized carbons (Fsp3) is 0.667. The van der Waals surface area contributed by atoms with Gasteiger partial charge in [-0.25, -0.2) is 0 Å². The van der Waals surface area contributed by atoms with E-state index >= 15 is 0 Å². The summed E-state index contributed by atoms with van der Waals surface area (Å²) in [5, 5.41) is 8.83. The highest BCUT2D eigenvalue weighted by Gasteiger charge is 2.04. The van der Waals surface area contributed by atoms with Gasteiger partial charge >= 0.3 is 0 Å². The van der Waals surface area contributed by atoms with Crippen molar-refractivity contribution in [3.05, 3.63) is 0 Å². The predicted octanol–water partition coefficient (Wildman–Crippen LogP) is 0.335. The highest BCUT2D eigenvalue weighted by Crippen LogP contribution is 2.08. The Hall–Kier alpha value is -1.67. The summed E-state index contributed by atoms with van der Waals surface area (Å²) >= 11 is 0. The molecule has 0 atom stereocenters. The summed E-state index contributed by atoms with van der Waals surface area (Å²) in [6.07, 6.45) is 0. The summed E-state index contributed by atoms with van der Waals surface area (Å²) in [6.45, 7) is 3.37. The molecule has 0 amide bonds. The van der Waals surface area contributed by atoms with E-state index in [0.29, 0.717) is 31.3 Å². The lowest BCUT2D eigenvalue weighted by atomic mass is 10.7. The second-order valence-corrected chi connectivity index (χ2v) is 3.06. The molecule has 1 heterocycles. The van der Waals surface area contributed by atoms with E-state index < -0.39 is 0 Å². The predicted molar refractivity (Wildman–Crippen MR) is 65.0 cm³/mol. The number of nitrogens with zero attached hydrogens (tertiary/aromatic N) is 3. The second kappa shape index (κ2) is 7.58. The fourth-order valence-electron chi connectivity index (χ4n) is 1.04. The molecule has 1 rings (SSSR count). The van der Waals surface area contributed by atoms with E-state index in [1.165, 1.54) is 0 Å². The zero-order chi connectivity index (χ0) is 12.5. The smallest absolute Gasteiger partial charge is 0.231 e. The van der Waals surface area contributed by atoms with Crippen molar-refractivity contribution in [2.45, 2.75) is 6.92 Å². The lowest BCUT2D eigenvalue weighted by Gasteiger charge is -2.09. The van der Waals surface area contributed by atoms with Crippen molar-refractivity contribution >= 4 is 17.8 Å². The summed E-state index contributed by atoms with van der Waals surface area (Å²) < 4.78 is 9.78. The molecule has 0 spiro atoms. The van der Waals surface area contributed by atoms with Crippen LogP contribution in [-0.2, 0) is 9.47 Å². The lowest BCUT2D eigenvalue weighted by Crippen LogP contribution is -2.14. The van der Waals surface area contributed by atoms with Crippen LogP contribution in [0.4, 0.5) is 17.8 Å². The minimum atomic E-state index is 0.333. The molecule has 0 aliphatic carbocycles. The number of anilines is 3. The van der Waals surface area contributed by atoms with Gasteiger partial charge in [-0.1, -0.05) is 0 Å². The van der Waals surface area contributed by atoms with Gasteiger partial charge in [-0.15, -0.1) is 0 Å². The van der Waals surface area contributed by atoms with E-state index in [-0.39, 0.29) is 0 Å². The minimum Gasteiger partial charge on any atom is -0.364 e. The van der Waals surface area contributed by atoms with Gasteiger partial charge in [0.05, 0.1) is 0 Å². The number of aromatic nitrogens is 3. The number of methoxy groups -OCH3 is 2. The van der Waals surface area contributed by atoms with Crippen LogP contribution in [0.15, 0.2) is 0 Å². The first-order valence-corrected chi connectivity index (χ1v) is 5.25. The van der Waals surface area contributed by atoms with E-state index in [1.54, 1.807) is 14.2 Å². The van der Waals surface area contributed by atoms with Crippen LogP contribution in [0, 0.1) is 0 Å². The van der Waals surface area contributed by atoms with Crippen LogP contribution in [0.3, 0.4) is 0 Å². The molecule has 0 aliphatic rings. The molecule has 0 fully saturated rings. The van der Waals surface area contributed by atoms with E-state index in [0.717, 1.165) is 6.54 Å². The largest absolute Gasteiger partial charge is 0.364 e. The minimum absolute atomic E-state index is 0.333. The van der Waals surface area contributed by atoms with Crippen LogP contribution >= 0.6 is 0 Å². The molecule has 0 aromatic carbocycles. The zero-order valence-electron chi connectivity index (χ0n) is 10.3. The quantitative estimate of drug-likeness (QED) is 0.562. The van der Waals surface area contributed by atoms with Gasteiger partial charge in [0.2, 0.25) is 17.8 Å². The molecule has 1 aromatic heterocycles. The van der Waals surface area contributed by atoms with Gasteiger partial charge in [0.15, 0.2) is 0 Å². The molecule has 0 bridgehead atoms. The van der Waals surface area contributed by atoms with Gasteiger partial charge in [-0.2, -0.15) is 15.0 Å². The number of rotatable bonds is 8. The maximum atomic E-state index is 4.89. The molecule has 0 saturated carbocycles. The monoisotopic (exact) mass is 242 g/mol. The Kier molecular flexibility index (Phi) is 5.97. The van der Waals surface area contributed by atoms with Crippen LogP contribution < -0.4 is 16.0 Å². The Bertz CT molecular complexity index is 309. The topological polar surface area (TPSA) is 93.2 Å². The molecular formula is C9H18N6O2. The molecule has 3 N–H and O–H groups in total. The molecule has 0 aliphatic heterocycles. The first kappa shape index (κ1) is 13.4. The number of ether oxygens (including phenoxy) is 2. The average Bonchev–Trinajstić information content (AvgIpc) is 2.34. The summed E-state index contributed by atoms with van der Waals surface area (Å²) in [6, 6.07) is 0. The third-order valence-corrected chi connectivity index (χ3v) is 1.72. The molecule has 0 saturated heterocycles. The Morgan fingerprint density at radius 2 is 1.24 bits per heavy atom. The molecule has 0 unspecified atom stereocenters. The van der Waals surface area contributed by atoms with Crippen LogP contribution in [0.25, 0.3) is 0 Å². The Balaban J connectivity index is 2.76. The van der Waals surface area contributed by atoms with Gasteiger partial charge < -0.3 is 25.4 Å². The SMILES string of the molecule is CCNc1nc(NCOC)nc(NCOC)n1. The normalized spacial score (nSPS) is 10.1. The molecule has 0 radical (unpaired) electrons. The van der Waals surface area contributed by atoms with Crippen molar-refractivity contribution in [3.8, 4) is 0 Å². The van der Waals surface area contributed by atoms with Crippen molar-refractivity contribution in [1.82, 2.24) is 15.0 Å². The number of nitrogens with one attached hydrogen (secondary N) is 3. The molecule has 8 nitrogen and oxygen atoms in total. The second-order valence-electron chi connectivity index (χ2n) is 3.06. The average molecular weight is 242 g/mol. The van der Waals surface area contributed by atoms with Crippen LogP contribution in [0.5, 0.6) is 0 Å². The molecular weight excluding hydrogens is 224 g/mol. The lowest BCUT2D eigenvalue weighted by molar-refractivity contribution is 0.219. The van der Waals surface area contributed by atoms with Crippen molar-refractivity contribution in [2.24, 2.45) is 0 Å². The maximum absolute atomic E-state index is 4.89. The van der Waals surface area contributed by atoms with Crippen molar-refractivity contribution in [3.63, 3.8) is 0 Å². The van der Waals surface area contributed by atoms with E-state index in [9.17, 15) is 0 Å². The molecule has 96 valence electrons. The highest BCUT2D eigenvalue weighted by atomic mass is 16.5. The standard InChI is InChI=1S/C9H18N6O2/c1-4-10-7-13-8(11-5-16-2)15-9(14-7)12-6-17-3/h4-6H2,1-3H3,(H3,10,11,12,13,14,15). The summed E-state index contributed by atoms with van der Waals surface area (Å²) in [7, 11) is 3.17. The van der Waals surface area contributed by atoms with Crippen LogP contribution in [0.2, 0.25) is 0 Å². The van der Waals surface area contributed by atoms with Crippen molar-refractivity contribution < 1.29 is 9.47 Å². The third-order valence-electron chi connectivity index (χ3n) is 1.72. The summed E-state index contributed by atoms with van der Waals surface area (Å²) in [5.41, 5.74) is 0. The Labute approximate surface area is 100 Å². The number of hydrogen-bond acceptors (Lipinski definition) is 8. The third kappa shape index (κ3) is 4.79. The summed E-state index contributed by atoms with van der Waals surface area (Å²) in [5.74, 6) is 1.38. The van der Waals surface area contributed by atoms with Crippen LogP contribution in [0.1, 0.15) is 6.92 Å². The molecule has 1 aromatic rings. The van der Waals surface area contributed by atoms with Gasteiger partial charge in [0.1, 0.15) is 13.5 Å². The maximum Gasteiger partial charge on any atom is 0.231 e. The van der Waals surface area contributed by atoms with Crippen molar-refractivity contribution in [1.29, 1.82) is 0 Å². The van der Waals surface area contributed by atoms with Gasteiger partial charge in [0, 0.05) is 20.8 Å². The molecule has 17 heavy (non-hydrogen) atoms. The Morgan fingerprint density at radius 1 is 0.824 bits per heavy atom. The van der Waals surface area contributed by atoms with Gasteiger partial charge in [-0.05, 0) is 6.92 Å². The van der Waals surface area contributed by atoms with Crippen molar-refractivity contribution in [2.75, 3.05) is 50.2 Å².